The number of terminal acetylenes is 1. The highest BCUT2D eigenvalue weighted by molar-refractivity contribution is 4.84. The summed E-state index contributed by atoms with van der Waals surface area (Å²) in [4.78, 5) is 0. The van der Waals surface area contributed by atoms with Crippen LogP contribution in [0.2, 0.25) is 0 Å². The number of hydrogen-bond donors (Lipinski definition) is 1. The van der Waals surface area contributed by atoms with Gasteiger partial charge < -0.3 is 5.11 Å². The lowest BCUT2D eigenvalue weighted by Crippen LogP contribution is -2.04. The maximum Gasteiger partial charge on any atom is 0.0549 e. The van der Waals surface area contributed by atoms with Crippen LogP contribution < -0.4 is 0 Å². The minimum Gasteiger partial charge on any atom is -0.393 e. The molecule has 51 valence electrons. The van der Waals surface area contributed by atoms with E-state index >= 15 is 0 Å². The first-order chi connectivity index (χ1) is 4.31. The monoisotopic (exact) mass is 125 g/mol. The van der Waals surface area contributed by atoms with Crippen molar-refractivity contribution in [3.8, 4) is 12.3 Å². The van der Waals surface area contributed by atoms with Gasteiger partial charge in [0.1, 0.15) is 0 Å². The topological polar surface area (TPSA) is 20.2 Å². The maximum atomic E-state index is 9.04. The highest BCUT2D eigenvalue weighted by atomic mass is 16.3. The normalized spacial score (nSPS) is 12.6. The molecule has 0 fully saturated rings. The minimum absolute atomic E-state index is 0.237. The van der Waals surface area contributed by atoms with Crippen molar-refractivity contribution in [2.24, 2.45) is 0 Å². The molecule has 0 aliphatic carbocycles. The average Bonchev–Trinajstić information content (AvgIpc) is 1.85. The van der Waals surface area contributed by atoms with Crippen LogP contribution in [0.5, 0.6) is 0 Å². The summed E-state index contributed by atoms with van der Waals surface area (Å²) in [5, 5.41) is 9.04. The summed E-state index contributed by atoms with van der Waals surface area (Å²) >= 11 is 0. The average molecular weight is 125 g/mol. The van der Waals surface area contributed by atoms with Gasteiger partial charge in [-0.1, -0.05) is 13.3 Å². The molecular formula is C8H13O. The predicted octanol–water partition coefficient (Wildman–Crippen LogP) is 1.37. The van der Waals surface area contributed by atoms with Gasteiger partial charge >= 0.3 is 0 Å². The summed E-state index contributed by atoms with van der Waals surface area (Å²) < 4.78 is 0. The van der Waals surface area contributed by atoms with Crippen LogP contribution in [-0.2, 0) is 0 Å². The Bertz CT molecular complexity index is 91.2. The molecule has 0 aromatic carbocycles. The van der Waals surface area contributed by atoms with Gasteiger partial charge in [0.2, 0.25) is 0 Å². The zero-order valence-corrected chi connectivity index (χ0v) is 5.64. The predicted molar refractivity (Wildman–Crippen MR) is 38.7 cm³/mol. The molecule has 1 N–H and O–H groups in total. The first-order valence-electron chi connectivity index (χ1n) is 3.22. The van der Waals surface area contributed by atoms with Crippen molar-refractivity contribution < 1.29 is 5.11 Å². The molecule has 0 heterocycles. The Labute approximate surface area is 57.1 Å². The van der Waals surface area contributed by atoms with E-state index in [1.54, 1.807) is 0 Å². The standard InChI is InChI=1S/C8H13O/c1-3-5-7-8(9)6-4-2/h1,8-9H,2,4-7H2. The van der Waals surface area contributed by atoms with Crippen LogP contribution in [0.1, 0.15) is 25.7 Å². The van der Waals surface area contributed by atoms with Gasteiger partial charge in [0, 0.05) is 6.42 Å². The summed E-state index contributed by atoms with van der Waals surface area (Å²) in [5.41, 5.74) is 0. The van der Waals surface area contributed by atoms with Gasteiger partial charge in [-0.25, -0.2) is 0 Å². The van der Waals surface area contributed by atoms with E-state index in [0.717, 1.165) is 12.8 Å². The van der Waals surface area contributed by atoms with Gasteiger partial charge in [-0.3, -0.25) is 0 Å². The van der Waals surface area contributed by atoms with E-state index in [1.807, 2.05) is 0 Å². The SMILES string of the molecule is C#CCCC(O)CC[CH2]. The first kappa shape index (κ1) is 8.52. The molecule has 0 saturated carbocycles. The summed E-state index contributed by atoms with van der Waals surface area (Å²) in [6, 6.07) is 0. The molecule has 1 atom stereocenters. The Kier molecular flexibility index (Phi) is 5.35. The highest BCUT2D eigenvalue weighted by Gasteiger charge is 1.98. The molecule has 1 nitrogen and oxygen atoms in total. The van der Waals surface area contributed by atoms with Crippen LogP contribution >= 0.6 is 0 Å². The zero-order chi connectivity index (χ0) is 7.11. The van der Waals surface area contributed by atoms with Crippen LogP contribution in [0.3, 0.4) is 0 Å². The lowest BCUT2D eigenvalue weighted by atomic mass is 10.1. The van der Waals surface area contributed by atoms with Crippen molar-refractivity contribution in [3.05, 3.63) is 6.92 Å². The molecule has 9 heavy (non-hydrogen) atoms. The summed E-state index contributed by atoms with van der Waals surface area (Å²) in [6.45, 7) is 3.62. The van der Waals surface area contributed by atoms with Gasteiger partial charge in [-0.2, -0.15) is 0 Å². The second kappa shape index (κ2) is 5.65. The van der Waals surface area contributed by atoms with E-state index < -0.39 is 0 Å². The summed E-state index contributed by atoms with van der Waals surface area (Å²) in [5.74, 6) is 2.48. The number of hydrogen-bond acceptors (Lipinski definition) is 1. The van der Waals surface area contributed by atoms with E-state index in [-0.39, 0.29) is 6.10 Å². The Morgan fingerprint density at radius 1 is 1.56 bits per heavy atom. The lowest BCUT2D eigenvalue weighted by Gasteiger charge is -2.04. The smallest absolute Gasteiger partial charge is 0.0549 e. The van der Waals surface area contributed by atoms with E-state index in [4.69, 9.17) is 11.5 Å². The summed E-state index contributed by atoms with van der Waals surface area (Å²) in [7, 11) is 0. The van der Waals surface area contributed by atoms with E-state index in [1.165, 1.54) is 0 Å². The van der Waals surface area contributed by atoms with E-state index in [0.29, 0.717) is 12.8 Å². The zero-order valence-electron chi connectivity index (χ0n) is 5.64. The van der Waals surface area contributed by atoms with Gasteiger partial charge in [-0.05, 0) is 12.8 Å². The maximum absolute atomic E-state index is 9.04. The molecule has 1 heteroatoms. The van der Waals surface area contributed by atoms with Crippen LogP contribution in [0.15, 0.2) is 0 Å². The molecule has 0 aliphatic heterocycles. The number of aliphatic hydroxyl groups is 1. The molecule has 0 aromatic heterocycles. The fourth-order valence-corrected chi connectivity index (χ4v) is 0.630. The van der Waals surface area contributed by atoms with Crippen LogP contribution in [0.4, 0.5) is 0 Å². The van der Waals surface area contributed by atoms with Crippen LogP contribution in [0.25, 0.3) is 0 Å². The van der Waals surface area contributed by atoms with E-state index in [2.05, 4.69) is 12.8 Å². The molecule has 1 radical (unpaired) electrons. The van der Waals surface area contributed by atoms with Gasteiger partial charge in [0.05, 0.1) is 6.10 Å². The van der Waals surface area contributed by atoms with E-state index in [9.17, 15) is 0 Å². The van der Waals surface area contributed by atoms with Crippen molar-refractivity contribution >= 4 is 0 Å². The highest BCUT2D eigenvalue weighted by Crippen LogP contribution is 2.02. The van der Waals surface area contributed by atoms with Crippen LogP contribution in [-0.4, -0.2) is 11.2 Å². The van der Waals surface area contributed by atoms with Crippen molar-refractivity contribution in [2.45, 2.75) is 31.8 Å². The third kappa shape index (κ3) is 5.39. The fourth-order valence-electron chi connectivity index (χ4n) is 0.630. The molecule has 0 aromatic rings. The Hall–Kier alpha value is -0.480. The quantitative estimate of drug-likeness (QED) is 0.563. The summed E-state index contributed by atoms with van der Waals surface area (Å²) in [6.07, 6.45) is 7.69. The van der Waals surface area contributed by atoms with Crippen molar-refractivity contribution in [2.75, 3.05) is 0 Å². The second-order valence-corrected chi connectivity index (χ2v) is 2.04. The van der Waals surface area contributed by atoms with Crippen molar-refractivity contribution in [3.63, 3.8) is 0 Å². The molecular weight excluding hydrogens is 112 g/mol. The van der Waals surface area contributed by atoms with Crippen molar-refractivity contribution in [1.82, 2.24) is 0 Å². The fraction of sp³-hybridized carbons (Fsp3) is 0.625. The molecule has 0 spiro atoms. The third-order valence-corrected chi connectivity index (χ3v) is 1.16. The molecule has 0 saturated heterocycles. The molecule has 0 rings (SSSR count). The molecule has 1 unspecified atom stereocenters. The largest absolute Gasteiger partial charge is 0.393 e. The van der Waals surface area contributed by atoms with Gasteiger partial charge in [-0.15, -0.1) is 12.3 Å². The molecule has 0 aliphatic rings. The number of rotatable bonds is 4. The molecule has 0 bridgehead atoms. The Balaban J connectivity index is 3.07. The van der Waals surface area contributed by atoms with Gasteiger partial charge in [0.25, 0.3) is 0 Å². The minimum atomic E-state index is -0.237. The third-order valence-electron chi connectivity index (χ3n) is 1.16. The first-order valence-corrected chi connectivity index (χ1v) is 3.22. The second-order valence-electron chi connectivity index (χ2n) is 2.04. The Morgan fingerprint density at radius 3 is 2.67 bits per heavy atom. The molecule has 0 amide bonds. The Morgan fingerprint density at radius 2 is 2.22 bits per heavy atom. The lowest BCUT2D eigenvalue weighted by molar-refractivity contribution is 0.157. The number of aliphatic hydroxyl groups excluding tert-OH is 1. The van der Waals surface area contributed by atoms with Crippen LogP contribution in [0, 0.1) is 19.3 Å². The van der Waals surface area contributed by atoms with Gasteiger partial charge in [0.15, 0.2) is 0 Å². The van der Waals surface area contributed by atoms with Crippen molar-refractivity contribution in [1.29, 1.82) is 0 Å².